The second kappa shape index (κ2) is 31.0. The van der Waals surface area contributed by atoms with E-state index in [0.717, 1.165) is 34.2 Å². The molecule has 1 unspecified atom stereocenters. The number of thiophene rings is 1. The molecule has 1 aromatic carbocycles. The number of nitrogens with zero attached hydrogens (tertiary/aromatic N) is 6. The maximum atomic E-state index is 13.4. The average molecular weight is 1060 g/mol. The van der Waals surface area contributed by atoms with Gasteiger partial charge in [-0.05, 0) is 104 Å². The van der Waals surface area contributed by atoms with E-state index in [0.29, 0.717) is 65.7 Å². The summed E-state index contributed by atoms with van der Waals surface area (Å²) in [5.41, 5.74) is 3.21. The number of hydrogen-bond donors (Lipinski definition) is 4. The maximum Gasteiger partial charge on any atom is 0.339 e. The van der Waals surface area contributed by atoms with E-state index >= 15 is 0 Å². The number of carbonyl (C=O) groups excluding carboxylic acids is 2. The molecule has 0 spiro atoms. The van der Waals surface area contributed by atoms with Crippen LogP contribution in [0.2, 0.25) is 5.15 Å². The molecule has 70 heavy (non-hydrogen) atoms. The lowest BCUT2D eigenvalue weighted by atomic mass is 10.1. The number of nitrogens with one attached hydrogen (secondary N) is 3. The van der Waals surface area contributed by atoms with E-state index < -0.39 is 20.3 Å². The van der Waals surface area contributed by atoms with Gasteiger partial charge in [0.1, 0.15) is 33.6 Å². The minimum Gasteiger partial charge on any atom is -0.462 e. The first-order valence-corrected chi connectivity index (χ1v) is 25.0. The van der Waals surface area contributed by atoms with Crippen molar-refractivity contribution in [2.45, 2.75) is 32.1 Å². The molecule has 6 aromatic rings. The van der Waals surface area contributed by atoms with Crippen molar-refractivity contribution in [3.05, 3.63) is 152 Å². The van der Waals surface area contributed by atoms with Crippen LogP contribution in [0.1, 0.15) is 56.5 Å². The number of anilines is 4. The van der Waals surface area contributed by atoms with Crippen LogP contribution in [0.4, 0.5) is 28.1 Å². The van der Waals surface area contributed by atoms with Crippen molar-refractivity contribution in [2.75, 3.05) is 80.1 Å². The Bertz CT molecular complexity index is 2570. The molecule has 0 radical (unpaired) electrons. The number of pyridine rings is 4. The van der Waals surface area contributed by atoms with Gasteiger partial charge in [0.2, 0.25) is 0 Å². The number of aromatic nitrogens is 4. The molecule has 376 valence electrons. The Morgan fingerprint density at radius 2 is 1.24 bits per heavy atom. The Morgan fingerprint density at radius 1 is 0.743 bits per heavy atom. The number of carbonyl (C=O) groups is 2. The number of ether oxygens (including phenoxy) is 2. The van der Waals surface area contributed by atoms with Crippen LogP contribution in [0.5, 0.6) is 5.75 Å². The van der Waals surface area contributed by atoms with Crippen molar-refractivity contribution in [3.8, 4) is 5.75 Å². The van der Waals surface area contributed by atoms with Gasteiger partial charge in [0.15, 0.2) is 0 Å². The third-order valence-electron chi connectivity index (χ3n) is 9.19. The summed E-state index contributed by atoms with van der Waals surface area (Å²) in [6.45, 7) is 5.48. The minimum atomic E-state index is -4.32. The smallest absolute Gasteiger partial charge is 0.339 e. The highest BCUT2D eigenvalue weighted by Gasteiger charge is 2.36. The van der Waals surface area contributed by atoms with E-state index in [1.165, 1.54) is 42.2 Å². The fraction of sp³-hybridized carbons (Fsp3) is 0.304. The van der Waals surface area contributed by atoms with E-state index in [-0.39, 0.29) is 41.3 Å². The number of aliphatic hydroxyl groups excluding tert-OH is 1. The van der Waals surface area contributed by atoms with Crippen LogP contribution >= 0.6 is 46.1 Å². The van der Waals surface area contributed by atoms with Gasteiger partial charge in [0, 0.05) is 76.5 Å². The van der Waals surface area contributed by atoms with Gasteiger partial charge in [-0.1, -0.05) is 35.1 Å². The number of halogens is 3. The molecule has 0 saturated carbocycles. The van der Waals surface area contributed by atoms with Crippen molar-refractivity contribution in [1.82, 2.24) is 19.9 Å². The fourth-order valence-corrected chi connectivity index (χ4v) is 8.48. The molecule has 6 rings (SSSR count). The van der Waals surface area contributed by atoms with Crippen LogP contribution in [0.25, 0.3) is 0 Å². The van der Waals surface area contributed by atoms with Gasteiger partial charge in [0.05, 0.1) is 41.4 Å². The molecule has 24 heteroatoms. The first kappa shape index (κ1) is 58.0. The summed E-state index contributed by atoms with van der Waals surface area (Å²) in [7, 11) is 0.974. The number of esters is 2. The van der Waals surface area contributed by atoms with Gasteiger partial charge in [0.25, 0.3) is 0 Å². The normalized spacial score (nSPS) is 10.8. The van der Waals surface area contributed by atoms with Crippen LogP contribution in [-0.4, -0.2) is 110 Å². The Balaban J connectivity index is 0.000000299. The van der Waals surface area contributed by atoms with Gasteiger partial charge in [-0.2, -0.15) is 8.42 Å². The zero-order valence-corrected chi connectivity index (χ0v) is 42.8. The zero-order chi connectivity index (χ0) is 51.5. The van der Waals surface area contributed by atoms with Crippen molar-refractivity contribution >= 4 is 96.3 Å². The number of nitro groups is 1. The summed E-state index contributed by atoms with van der Waals surface area (Å²) in [6.07, 6.45) is 6.01. The molecule has 0 saturated heterocycles. The second-order valence-corrected chi connectivity index (χ2v) is 17.6. The fourth-order valence-electron chi connectivity index (χ4n) is 5.71. The molecule has 5 aromatic heterocycles. The van der Waals surface area contributed by atoms with E-state index in [9.17, 15) is 28.1 Å². The summed E-state index contributed by atoms with van der Waals surface area (Å²) >= 11 is 18.1. The largest absolute Gasteiger partial charge is 0.462 e. The Labute approximate surface area is 425 Å². The molecule has 19 nitrogen and oxygen atoms in total. The van der Waals surface area contributed by atoms with Crippen LogP contribution in [0, 0.1) is 10.1 Å². The van der Waals surface area contributed by atoms with Crippen LogP contribution in [0.3, 0.4) is 0 Å². The third kappa shape index (κ3) is 19.2. The molecular formula is C46H54Cl3N9O10S2. The molecule has 0 fully saturated rings. The molecule has 4 N–H and O–H groups in total. The zero-order valence-electron chi connectivity index (χ0n) is 38.9. The van der Waals surface area contributed by atoms with E-state index in [2.05, 4.69) is 35.9 Å². The average Bonchev–Trinajstić information content (AvgIpc) is 3.87. The molecule has 0 bridgehead atoms. The van der Waals surface area contributed by atoms with E-state index in [1.807, 2.05) is 17.0 Å². The van der Waals surface area contributed by atoms with Gasteiger partial charge in [-0.15, -0.1) is 23.2 Å². The van der Waals surface area contributed by atoms with Crippen molar-refractivity contribution in [3.63, 3.8) is 0 Å². The first-order valence-electron chi connectivity index (χ1n) is 21.2. The summed E-state index contributed by atoms with van der Waals surface area (Å²) in [5, 5.41) is 29.1. The highest BCUT2D eigenvalue weighted by molar-refractivity contribution is 7.87. The summed E-state index contributed by atoms with van der Waals surface area (Å²) in [4.78, 5) is 51.1. The van der Waals surface area contributed by atoms with Gasteiger partial charge in [-0.3, -0.25) is 10.1 Å². The monoisotopic (exact) mass is 1060 g/mol. The molecule has 0 aliphatic carbocycles. The Kier molecular flexibility index (Phi) is 25.7. The number of aliphatic hydroxyl groups is 1. The molecule has 5 heterocycles. The van der Waals surface area contributed by atoms with Crippen molar-refractivity contribution in [2.24, 2.45) is 0 Å². The molecule has 0 amide bonds. The number of hydrogen-bond acceptors (Lipinski definition) is 19. The predicted molar refractivity (Wildman–Crippen MR) is 275 cm³/mol. The number of benzene rings is 1. The van der Waals surface area contributed by atoms with Crippen LogP contribution in [0.15, 0.2) is 109 Å². The van der Waals surface area contributed by atoms with E-state index in [4.69, 9.17) is 53.6 Å². The van der Waals surface area contributed by atoms with Gasteiger partial charge < -0.3 is 39.6 Å². The molecule has 1 atom stereocenters. The standard InChI is InChI=1S/C22H24Cl2N4O5S2.C9H12N2O2.C8H8ClNO2.C7H10N2O/c1-25-21-7-2-16(15-26-21)14-20(19-8-13-34-22(19)28(29)30)35(31,32)33-18-5-3-17(4-6-18)27(11-9-23)12-10-24;1-3-13-9(12)7-4-5-8(10-2)11-6-7;1-2-12-8(11)6-3-4-7(9)10-5-6;1-8-7-3-2-6(5-10)4-9-7/h2-8,13,15,20H,9-12,14H2,1H3,(H,25,26);4-6H,3H2,1-2H3,(H,10,11);3-5H,2H2,1H3;2-4,10H,5H2,1H3,(H,8,9). The molecule has 0 aliphatic heterocycles. The maximum absolute atomic E-state index is 13.4. The summed E-state index contributed by atoms with van der Waals surface area (Å²) in [5.74, 6) is 2.37. The lowest BCUT2D eigenvalue weighted by Crippen LogP contribution is -2.27. The Hall–Kier alpha value is -6.36. The van der Waals surface area contributed by atoms with Gasteiger partial charge in [-0.25, -0.2) is 29.5 Å². The number of alkyl halides is 2. The predicted octanol–water partition coefficient (Wildman–Crippen LogP) is 8.90. The van der Waals surface area contributed by atoms with Crippen molar-refractivity contribution in [1.29, 1.82) is 0 Å². The number of rotatable bonds is 20. The third-order valence-corrected chi connectivity index (χ3v) is 12.2. The van der Waals surface area contributed by atoms with Gasteiger partial charge >= 0.3 is 27.1 Å². The van der Waals surface area contributed by atoms with E-state index in [1.54, 1.807) is 89.7 Å². The SMILES string of the molecule is CCOC(=O)c1ccc(Cl)nc1.CCOC(=O)c1ccc(NC)nc1.CNc1ccc(CC(c2ccsc2[N+](=O)[O-])S(=O)(=O)Oc2ccc(N(CCCl)CCCl)cc2)cn1.CNc1ccc(CO)cn1. The lowest BCUT2D eigenvalue weighted by molar-refractivity contribution is -0.380. The summed E-state index contributed by atoms with van der Waals surface area (Å²) < 4.78 is 41.8. The van der Waals surface area contributed by atoms with Crippen LogP contribution < -0.4 is 25.0 Å². The molecule has 0 aliphatic rings. The highest BCUT2D eigenvalue weighted by Crippen LogP contribution is 2.38. The topological polar surface area (TPSA) is 250 Å². The van der Waals surface area contributed by atoms with Crippen molar-refractivity contribution < 1.29 is 41.7 Å². The molecular weight excluding hydrogens is 1010 g/mol. The summed E-state index contributed by atoms with van der Waals surface area (Å²) in [6, 6.07) is 21.6. The quantitative estimate of drug-likeness (QED) is 0.0139. The first-order chi connectivity index (χ1) is 33.7. The minimum absolute atomic E-state index is 0.0474. The Morgan fingerprint density at radius 3 is 1.66 bits per heavy atom. The van der Waals surface area contributed by atoms with Crippen LogP contribution in [-0.2, 0) is 32.6 Å². The second-order valence-electron chi connectivity index (χ2n) is 13.8. The highest BCUT2D eigenvalue weighted by atomic mass is 35.5. The lowest BCUT2D eigenvalue weighted by Gasteiger charge is -2.23.